The summed E-state index contributed by atoms with van der Waals surface area (Å²) in [6, 6.07) is 3.83. The van der Waals surface area contributed by atoms with Crippen LogP contribution in [0.5, 0.6) is 0 Å². The predicted octanol–water partition coefficient (Wildman–Crippen LogP) is 1.27. The number of nitro groups is 1. The molecule has 2 aliphatic rings. The van der Waals surface area contributed by atoms with E-state index in [1.165, 1.54) is 16.4 Å². The van der Waals surface area contributed by atoms with Gasteiger partial charge in [-0.25, -0.2) is 22.0 Å². The van der Waals surface area contributed by atoms with E-state index >= 15 is 0 Å². The first kappa shape index (κ1) is 21.9. The van der Waals surface area contributed by atoms with Gasteiger partial charge in [0.25, 0.3) is 5.69 Å². The average molecular weight is 447 g/mol. The van der Waals surface area contributed by atoms with Gasteiger partial charge in [0.2, 0.25) is 20.0 Å². The molecule has 0 saturated carbocycles. The summed E-state index contributed by atoms with van der Waals surface area (Å²) in [5.74, 6) is 0.233. The summed E-state index contributed by atoms with van der Waals surface area (Å²) in [5.41, 5.74) is -0.152. The maximum atomic E-state index is 13.0. The van der Waals surface area contributed by atoms with Gasteiger partial charge in [0, 0.05) is 32.2 Å². The van der Waals surface area contributed by atoms with Crippen LogP contribution in [0.1, 0.15) is 32.6 Å². The number of nitro benzene ring substituents is 1. The van der Waals surface area contributed by atoms with Gasteiger partial charge in [0.05, 0.1) is 15.1 Å². The fourth-order valence-corrected chi connectivity index (χ4v) is 6.52. The lowest BCUT2D eigenvalue weighted by molar-refractivity contribution is -0.384. The lowest BCUT2D eigenvalue weighted by Crippen LogP contribution is -2.45. The summed E-state index contributed by atoms with van der Waals surface area (Å²) in [6.45, 7) is 3.23. The van der Waals surface area contributed by atoms with Crippen molar-refractivity contribution in [2.75, 3.05) is 31.1 Å². The van der Waals surface area contributed by atoms with E-state index in [9.17, 15) is 26.9 Å². The van der Waals surface area contributed by atoms with Gasteiger partial charge in [-0.3, -0.25) is 10.1 Å². The molecule has 2 saturated heterocycles. The van der Waals surface area contributed by atoms with Crippen LogP contribution in [0.4, 0.5) is 11.4 Å². The molecule has 0 aliphatic carbocycles. The number of rotatable bonds is 5. The van der Waals surface area contributed by atoms with Crippen LogP contribution in [0.2, 0.25) is 0 Å². The molecule has 1 aromatic carbocycles. The Labute approximate surface area is 170 Å². The smallest absolute Gasteiger partial charge is 0.293 e. The Hall–Kier alpha value is -1.76. The van der Waals surface area contributed by atoms with Crippen molar-refractivity contribution in [3.8, 4) is 0 Å². The van der Waals surface area contributed by atoms with Crippen LogP contribution in [-0.2, 0) is 20.0 Å². The van der Waals surface area contributed by atoms with Crippen LogP contribution in [0.15, 0.2) is 23.1 Å². The third-order valence-corrected chi connectivity index (χ3v) is 8.76. The third-order valence-electron chi connectivity index (χ3n) is 5.58. The van der Waals surface area contributed by atoms with Crippen molar-refractivity contribution < 1.29 is 21.8 Å². The van der Waals surface area contributed by atoms with Crippen LogP contribution < -0.4 is 10.0 Å². The molecule has 0 spiro atoms. The van der Waals surface area contributed by atoms with Crippen molar-refractivity contribution >= 4 is 31.4 Å². The quantitative estimate of drug-likeness (QED) is 0.530. The van der Waals surface area contributed by atoms with Gasteiger partial charge >= 0.3 is 0 Å². The van der Waals surface area contributed by atoms with Crippen molar-refractivity contribution in [2.24, 2.45) is 11.1 Å². The number of nitrogens with zero attached hydrogens (tertiary/aromatic N) is 3. The molecule has 2 N–H and O–H groups in total. The van der Waals surface area contributed by atoms with E-state index in [2.05, 4.69) is 0 Å². The molecule has 0 bridgehead atoms. The highest BCUT2D eigenvalue weighted by atomic mass is 32.2. The molecule has 3 rings (SSSR count). The molecular weight excluding hydrogens is 420 g/mol. The summed E-state index contributed by atoms with van der Waals surface area (Å²) in [7, 11) is -7.60. The first-order chi connectivity index (χ1) is 13.5. The molecular formula is C17H26N4O6S2. The highest BCUT2D eigenvalue weighted by Crippen LogP contribution is 2.34. The van der Waals surface area contributed by atoms with Gasteiger partial charge in [-0.2, -0.15) is 4.31 Å². The molecule has 0 amide bonds. The fourth-order valence-electron chi connectivity index (χ4n) is 4.02. The lowest BCUT2D eigenvalue weighted by Gasteiger charge is -2.33. The topological polar surface area (TPSA) is 144 Å². The van der Waals surface area contributed by atoms with E-state index in [0.717, 1.165) is 18.9 Å². The Bertz CT molecular complexity index is 995. The minimum absolute atomic E-state index is 0.0371. The Morgan fingerprint density at radius 2 is 1.79 bits per heavy atom. The Kier molecular flexibility index (Phi) is 6.18. The van der Waals surface area contributed by atoms with Gasteiger partial charge in [0.15, 0.2) is 0 Å². The van der Waals surface area contributed by atoms with Gasteiger partial charge in [-0.1, -0.05) is 6.92 Å². The third kappa shape index (κ3) is 4.71. The molecule has 2 aliphatic heterocycles. The zero-order chi connectivity index (χ0) is 21.4. The number of hydrogen-bond donors (Lipinski definition) is 1. The standard InChI is InChI=1S/C17H26N4O6S2/c1-13-4-2-9-20(11-13)29(26,27)14-6-7-16(17(10-14)21(22)23)19-8-3-5-15(12-19)28(18,24)25/h6-7,10,13,15H,2-5,8-9,11-12H2,1H3,(H2,18,24,25). The molecule has 2 heterocycles. The summed E-state index contributed by atoms with van der Waals surface area (Å²) in [4.78, 5) is 12.5. The maximum absolute atomic E-state index is 13.0. The number of piperidine rings is 2. The van der Waals surface area contributed by atoms with Gasteiger partial charge in [0.1, 0.15) is 5.69 Å². The molecule has 10 nitrogen and oxygen atoms in total. The summed E-state index contributed by atoms with van der Waals surface area (Å²) >= 11 is 0. The number of hydrogen-bond acceptors (Lipinski definition) is 7. The second-order valence-corrected chi connectivity index (χ2v) is 11.6. The molecule has 1 aromatic rings. The van der Waals surface area contributed by atoms with E-state index in [1.54, 1.807) is 4.90 Å². The first-order valence-electron chi connectivity index (χ1n) is 9.55. The summed E-state index contributed by atoms with van der Waals surface area (Å²) < 4.78 is 50.7. The highest BCUT2D eigenvalue weighted by molar-refractivity contribution is 7.89. The molecule has 2 atom stereocenters. The van der Waals surface area contributed by atoms with E-state index in [1.807, 2.05) is 6.92 Å². The molecule has 0 radical (unpaired) electrons. The summed E-state index contributed by atoms with van der Waals surface area (Å²) in [6.07, 6.45) is 2.61. The first-order valence-corrected chi connectivity index (χ1v) is 12.6. The minimum atomic E-state index is -3.84. The second-order valence-electron chi connectivity index (χ2n) is 7.82. The minimum Gasteiger partial charge on any atom is -0.365 e. The monoisotopic (exact) mass is 446 g/mol. The zero-order valence-corrected chi connectivity index (χ0v) is 17.9. The molecule has 2 fully saturated rings. The summed E-state index contributed by atoms with van der Waals surface area (Å²) in [5, 5.41) is 16.1. The van der Waals surface area contributed by atoms with Crippen LogP contribution in [0.25, 0.3) is 0 Å². The number of primary sulfonamides is 1. The Morgan fingerprint density at radius 1 is 1.10 bits per heavy atom. The largest absolute Gasteiger partial charge is 0.365 e. The number of sulfonamides is 2. The SMILES string of the molecule is CC1CCCN(S(=O)(=O)c2ccc(N3CCCC(S(N)(=O)=O)C3)c([N+](=O)[O-])c2)C1. The van der Waals surface area contributed by atoms with Gasteiger partial charge in [-0.05, 0) is 43.7 Å². The van der Waals surface area contributed by atoms with Crippen LogP contribution in [-0.4, -0.2) is 57.5 Å². The van der Waals surface area contributed by atoms with Crippen LogP contribution >= 0.6 is 0 Å². The normalized spacial score (nSPS) is 24.4. The maximum Gasteiger partial charge on any atom is 0.293 e. The Balaban J connectivity index is 1.94. The number of nitrogens with two attached hydrogens (primary N) is 1. The van der Waals surface area contributed by atoms with Crippen molar-refractivity contribution in [2.45, 2.75) is 42.8 Å². The lowest BCUT2D eigenvalue weighted by atomic mass is 10.0. The molecule has 0 aromatic heterocycles. The Morgan fingerprint density at radius 3 is 2.41 bits per heavy atom. The zero-order valence-electron chi connectivity index (χ0n) is 16.2. The van der Waals surface area contributed by atoms with Gasteiger partial charge in [-0.15, -0.1) is 0 Å². The molecule has 29 heavy (non-hydrogen) atoms. The molecule has 2 unspecified atom stereocenters. The van der Waals surface area contributed by atoms with Crippen molar-refractivity contribution in [1.29, 1.82) is 0 Å². The van der Waals surface area contributed by atoms with E-state index in [0.29, 0.717) is 32.5 Å². The highest BCUT2D eigenvalue weighted by Gasteiger charge is 2.34. The molecule has 162 valence electrons. The van der Waals surface area contributed by atoms with E-state index < -0.39 is 30.2 Å². The second kappa shape index (κ2) is 8.17. The van der Waals surface area contributed by atoms with Crippen LogP contribution in [0.3, 0.4) is 0 Å². The van der Waals surface area contributed by atoms with Crippen LogP contribution in [0, 0.1) is 16.0 Å². The van der Waals surface area contributed by atoms with Crippen molar-refractivity contribution in [3.63, 3.8) is 0 Å². The number of benzene rings is 1. The number of anilines is 1. The van der Waals surface area contributed by atoms with Gasteiger partial charge < -0.3 is 4.90 Å². The van der Waals surface area contributed by atoms with E-state index in [-0.39, 0.29) is 28.7 Å². The van der Waals surface area contributed by atoms with Crippen molar-refractivity contribution in [3.05, 3.63) is 28.3 Å². The average Bonchev–Trinajstić information content (AvgIpc) is 2.67. The molecule has 12 heteroatoms. The van der Waals surface area contributed by atoms with Crippen molar-refractivity contribution in [1.82, 2.24) is 4.31 Å². The van der Waals surface area contributed by atoms with E-state index in [4.69, 9.17) is 5.14 Å². The predicted molar refractivity (Wildman–Crippen MR) is 109 cm³/mol. The fraction of sp³-hybridized carbons (Fsp3) is 0.647.